The molecule has 0 bridgehead atoms. The molecule has 8 heteroatoms. The highest BCUT2D eigenvalue weighted by molar-refractivity contribution is 7.89. The topological polar surface area (TPSA) is 83.9 Å². The van der Waals surface area contributed by atoms with Gasteiger partial charge in [0.1, 0.15) is 6.04 Å². The number of ether oxygens (including phenoxy) is 1. The number of halogens is 1. The van der Waals surface area contributed by atoms with Crippen LogP contribution in [0.25, 0.3) is 0 Å². The first-order valence-electron chi connectivity index (χ1n) is 6.89. The van der Waals surface area contributed by atoms with Gasteiger partial charge in [0.2, 0.25) is 10.0 Å². The number of hydrogen-bond donors (Lipinski definition) is 1. The molecule has 0 aliphatic carbocycles. The standard InChI is InChI=1S/C14H18ClNO5S/c1-21-9-10-6-11(15)8-12(7-10)22(19,20)16-5-3-2-4-13(16)14(17)18/h6-8,13H,2-5,9H2,1H3,(H,17,18). The molecule has 0 amide bonds. The number of carboxylic acids is 1. The second kappa shape index (κ2) is 6.95. The van der Waals surface area contributed by atoms with Crippen LogP contribution < -0.4 is 0 Å². The highest BCUT2D eigenvalue weighted by Crippen LogP contribution is 2.28. The third-order valence-electron chi connectivity index (χ3n) is 3.59. The van der Waals surface area contributed by atoms with Crippen LogP contribution in [-0.2, 0) is 26.2 Å². The third kappa shape index (κ3) is 3.60. The quantitative estimate of drug-likeness (QED) is 0.881. The normalized spacial score (nSPS) is 20.0. The summed E-state index contributed by atoms with van der Waals surface area (Å²) >= 11 is 5.97. The number of aliphatic carboxylic acids is 1. The van der Waals surface area contributed by atoms with Gasteiger partial charge in [0, 0.05) is 18.7 Å². The Labute approximate surface area is 134 Å². The predicted molar refractivity (Wildman–Crippen MR) is 81.3 cm³/mol. The summed E-state index contributed by atoms with van der Waals surface area (Å²) in [6.07, 6.45) is 1.67. The molecule has 22 heavy (non-hydrogen) atoms. The Bertz CT molecular complexity index is 661. The van der Waals surface area contributed by atoms with Crippen molar-refractivity contribution in [3.63, 3.8) is 0 Å². The van der Waals surface area contributed by atoms with Crippen LogP contribution in [0.5, 0.6) is 0 Å². The Hall–Kier alpha value is -1.15. The van der Waals surface area contributed by atoms with Crippen molar-refractivity contribution in [2.75, 3.05) is 13.7 Å². The summed E-state index contributed by atoms with van der Waals surface area (Å²) in [4.78, 5) is 11.3. The fourth-order valence-corrected chi connectivity index (χ4v) is 4.66. The molecule has 1 saturated heterocycles. The molecular formula is C14H18ClNO5S. The van der Waals surface area contributed by atoms with Crippen molar-refractivity contribution in [3.05, 3.63) is 28.8 Å². The summed E-state index contributed by atoms with van der Waals surface area (Å²) in [7, 11) is -2.41. The molecular weight excluding hydrogens is 330 g/mol. The molecule has 1 aliphatic rings. The second-order valence-corrected chi connectivity index (χ2v) is 7.52. The van der Waals surface area contributed by atoms with Gasteiger partial charge in [-0.2, -0.15) is 4.31 Å². The van der Waals surface area contributed by atoms with Gasteiger partial charge in [-0.3, -0.25) is 4.79 Å². The lowest BCUT2D eigenvalue weighted by atomic mass is 10.1. The van der Waals surface area contributed by atoms with Crippen LogP contribution in [0.1, 0.15) is 24.8 Å². The Morgan fingerprint density at radius 1 is 1.41 bits per heavy atom. The SMILES string of the molecule is COCc1cc(Cl)cc(S(=O)(=O)N2CCCCC2C(=O)O)c1. The first-order chi connectivity index (χ1) is 10.4. The molecule has 0 radical (unpaired) electrons. The van der Waals surface area contributed by atoms with Gasteiger partial charge in [-0.1, -0.05) is 11.6 Å². The van der Waals surface area contributed by atoms with E-state index in [0.29, 0.717) is 24.8 Å². The van der Waals surface area contributed by atoms with Crippen molar-refractivity contribution >= 4 is 27.6 Å². The van der Waals surface area contributed by atoms with Crippen LogP contribution in [0.3, 0.4) is 0 Å². The predicted octanol–water partition coefficient (Wildman–Crippen LogP) is 2.11. The van der Waals surface area contributed by atoms with Crippen molar-refractivity contribution in [2.45, 2.75) is 36.8 Å². The maximum absolute atomic E-state index is 12.8. The first kappa shape index (κ1) is 17.2. The number of methoxy groups -OCH3 is 1. The van der Waals surface area contributed by atoms with E-state index in [1.807, 2.05) is 0 Å². The Balaban J connectivity index is 2.42. The van der Waals surface area contributed by atoms with Gasteiger partial charge in [-0.15, -0.1) is 0 Å². The van der Waals surface area contributed by atoms with Gasteiger partial charge < -0.3 is 9.84 Å². The average molecular weight is 348 g/mol. The summed E-state index contributed by atoms with van der Waals surface area (Å²) in [5.74, 6) is -1.12. The zero-order valence-corrected chi connectivity index (χ0v) is 13.7. The van der Waals surface area contributed by atoms with Crippen molar-refractivity contribution in [2.24, 2.45) is 0 Å². The largest absolute Gasteiger partial charge is 0.480 e. The molecule has 1 aromatic rings. The van der Waals surface area contributed by atoms with Gasteiger partial charge in [0.15, 0.2) is 0 Å². The van der Waals surface area contributed by atoms with E-state index in [2.05, 4.69) is 0 Å². The van der Waals surface area contributed by atoms with Crippen molar-refractivity contribution < 1.29 is 23.1 Å². The van der Waals surface area contributed by atoms with Gasteiger partial charge >= 0.3 is 5.97 Å². The molecule has 1 aromatic carbocycles. The second-order valence-electron chi connectivity index (χ2n) is 5.19. The van der Waals surface area contributed by atoms with Gasteiger partial charge in [-0.25, -0.2) is 8.42 Å². The zero-order valence-electron chi connectivity index (χ0n) is 12.2. The lowest BCUT2D eigenvalue weighted by Gasteiger charge is -2.32. The maximum Gasteiger partial charge on any atom is 0.322 e. The smallest absolute Gasteiger partial charge is 0.322 e. The summed E-state index contributed by atoms with van der Waals surface area (Å²) < 4.78 is 31.6. The van der Waals surface area contributed by atoms with Gasteiger partial charge in [0.05, 0.1) is 11.5 Å². The Morgan fingerprint density at radius 2 is 2.14 bits per heavy atom. The number of sulfonamides is 1. The Kier molecular flexibility index (Phi) is 5.44. The lowest BCUT2D eigenvalue weighted by Crippen LogP contribution is -2.47. The van der Waals surface area contributed by atoms with Crippen molar-refractivity contribution in [1.82, 2.24) is 4.31 Å². The molecule has 2 rings (SSSR count). The van der Waals surface area contributed by atoms with E-state index in [9.17, 15) is 18.3 Å². The molecule has 1 heterocycles. The zero-order chi connectivity index (χ0) is 16.3. The van der Waals surface area contributed by atoms with Crippen molar-refractivity contribution in [3.8, 4) is 0 Å². The summed E-state index contributed by atoms with van der Waals surface area (Å²) in [6, 6.07) is 3.40. The molecule has 0 saturated carbocycles. The summed E-state index contributed by atoms with van der Waals surface area (Å²) in [5, 5.41) is 9.54. The fraction of sp³-hybridized carbons (Fsp3) is 0.500. The molecule has 0 spiro atoms. The highest BCUT2D eigenvalue weighted by Gasteiger charge is 2.37. The first-order valence-corrected chi connectivity index (χ1v) is 8.71. The number of nitrogens with zero attached hydrogens (tertiary/aromatic N) is 1. The number of rotatable bonds is 5. The van der Waals surface area contributed by atoms with Crippen LogP contribution >= 0.6 is 11.6 Å². The number of hydrogen-bond acceptors (Lipinski definition) is 4. The van der Waals surface area contributed by atoms with Gasteiger partial charge in [-0.05, 0) is 43.0 Å². The molecule has 6 nitrogen and oxygen atoms in total. The minimum absolute atomic E-state index is 0.000185. The van der Waals surface area contributed by atoms with E-state index in [4.69, 9.17) is 16.3 Å². The van der Waals surface area contributed by atoms with Crippen LogP contribution in [0.2, 0.25) is 5.02 Å². The molecule has 1 N–H and O–H groups in total. The maximum atomic E-state index is 12.8. The fourth-order valence-electron chi connectivity index (χ4n) is 2.59. The van der Waals surface area contributed by atoms with E-state index in [1.54, 1.807) is 6.07 Å². The number of benzene rings is 1. The van der Waals surface area contributed by atoms with E-state index in [-0.39, 0.29) is 23.1 Å². The van der Waals surface area contributed by atoms with Crippen LogP contribution in [-0.4, -0.2) is 43.5 Å². The average Bonchev–Trinajstić information content (AvgIpc) is 2.47. The van der Waals surface area contributed by atoms with Crippen LogP contribution in [0, 0.1) is 0 Å². The van der Waals surface area contributed by atoms with Gasteiger partial charge in [0.25, 0.3) is 0 Å². The molecule has 1 fully saturated rings. The molecule has 1 atom stereocenters. The third-order valence-corrected chi connectivity index (χ3v) is 5.69. The summed E-state index contributed by atoms with van der Waals surface area (Å²) in [6.45, 7) is 0.427. The highest BCUT2D eigenvalue weighted by atomic mass is 35.5. The monoisotopic (exact) mass is 347 g/mol. The summed E-state index contributed by atoms with van der Waals surface area (Å²) in [5.41, 5.74) is 0.623. The molecule has 122 valence electrons. The van der Waals surface area contributed by atoms with E-state index >= 15 is 0 Å². The van der Waals surface area contributed by atoms with E-state index < -0.39 is 22.0 Å². The van der Waals surface area contributed by atoms with E-state index in [0.717, 1.165) is 4.31 Å². The molecule has 1 aliphatic heterocycles. The number of carbonyl (C=O) groups is 1. The molecule has 0 aromatic heterocycles. The van der Waals surface area contributed by atoms with Crippen molar-refractivity contribution in [1.29, 1.82) is 0 Å². The van der Waals surface area contributed by atoms with Crippen LogP contribution in [0.15, 0.2) is 23.1 Å². The number of piperidine rings is 1. The van der Waals surface area contributed by atoms with E-state index in [1.165, 1.54) is 19.2 Å². The minimum atomic E-state index is -3.91. The minimum Gasteiger partial charge on any atom is -0.480 e. The molecule has 1 unspecified atom stereocenters. The number of carboxylic acid groups (broad SMARTS) is 1. The Morgan fingerprint density at radius 3 is 2.77 bits per heavy atom. The lowest BCUT2D eigenvalue weighted by molar-refractivity contribution is -0.142. The van der Waals surface area contributed by atoms with Crippen LogP contribution in [0.4, 0.5) is 0 Å².